The van der Waals surface area contributed by atoms with Crippen LogP contribution in [0.4, 0.5) is 5.82 Å². The van der Waals surface area contributed by atoms with Crippen molar-refractivity contribution < 1.29 is 9.47 Å². The fraction of sp³-hybridized carbons (Fsp3) is 0.368. The van der Waals surface area contributed by atoms with Crippen LogP contribution in [0.3, 0.4) is 0 Å². The maximum Gasteiger partial charge on any atom is 0.161 e. The number of anilines is 1. The minimum Gasteiger partial charge on any atom is -0.486 e. The molecule has 0 radical (unpaired) electrons. The van der Waals surface area contributed by atoms with Crippen molar-refractivity contribution in [1.29, 1.82) is 0 Å². The molecule has 2 aromatic heterocycles. The lowest BCUT2D eigenvalue weighted by molar-refractivity contribution is 0.0960. The van der Waals surface area contributed by atoms with Crippen molar-refractivity contribution in [2.45, 2.75) is 25.4 Å². The molecule has 0 spiro atoms. The number of rotatable bonds is 3. The Kier molecular flexibility index (Phi) is 3.52. The van der Waals surface area contributed by atoms with Crippen molar-refractivity contribution in [3.05, 3.63) is 41.0 Å². The highest BCUT2D eigenvalue weighted by Gasteiger charge is 2.26. The van der Waals surface area contributed by atoms with Gasteiger partial charge in [0.1, 0.15) is 23.6 Å². The first-order valence-electron chi connectivity index (χ1n) is 8.64. The third-order valence-electron chi connectivity index (χ3n) is 4.89. The summed E-state index contributed by atoms with van der Waals surface area (Å²) >= 11 is 1.82. The predicted octanol–water partition coefficient (Wildman–Crippen LogP) is 3.46. The molecule has 0 saturated heterocycles. The molecular formula is C19H19N3O2S. The van der Waals surface area contributed by atoms with E-state index in [9.17, 15) is 0 Å². The molecule has 0 fully saturated rings. The van der Waals surface area contributed by atoms with Crippen molar-refractivity contribution in [1.82, 2.24) is 9.97 Å². The first kappa shape index (κ1) is 15.0. The summed E-state index contributed by atoms with van der Waals surface area (Å²) in [6.07, 6.45) is 5.21. The summed E-state index contributed by atoms with van der Waals surface area (Å²) in [5.41, 5.74) is 1.45. The predicted molar refractivity (Wildman–Crippen MR) is 99.1 cm³/mol. The second-order valence-electron chi connectivity index (χ2n) is 6.61. The van der Waals surface area contributed by atoms with Crippen LogP contribution in [0, 0.1) is 0 Å². The molecule has 5 nitrogen and oxygen atoms in total. The van der Waals surface area contributed by atoms with Gasteiger partial charge >= 0.3 is 0 Å². The van der Waals surface area contributed by atoms with Crippen LogP contribution < -0.4 is 14.4 Å². The third-order valence-corrected chi connectivity index (χ3v) is 6.09. The van der Waals surface area contributed by atoms with E-state index in [1.54, 1.807) is 6.33 Å². The summed E-state index contributed by atoms with van der Waals surface area (Å²) in [4.78, 5) is 13.8. The van der Waals surface area contributed by atoms with Gasteiger partial charge in [-0.1, -0.05) is 12.1 Å². The number of likely N-dealkylation sites (N-methyl/N-ethyl adjacent to an activating group) is 1. The molecule has 0 amide bonds. The Hall–Kier alpha value is -2.34. The molecule has 0 saturated carbocycles. The maximum atomic E-state index is 6.10. The Labute approximate surface area is 150 Å². The van der Waals surface area contributed by atoms with Gasteiger partial charge in [-0.25, -0.2) is 9.97 Å². The van der Waals surface area contributed by atoms with Gasteiger partial charge in [0.2, 0.25) is 0 Å². The molecule has 3 aromatic rings. The lowest BCUT2D eigenvalue weighted by Gasteiger charge is -2.30. The van der Waals surface area contributed by atoms with Crippen molar-refractivity contribution in [3.8, 4) is 11.5 Å². The molecule has 1 atom stereocenters. The summed E-state index contributed by atoms with van der Waals surface area (Å²) in [7, 11) is 2.07. The second kappa shape index (κ2) is 5.88. The summed E-state index contributed by atoms with van der Waals surface area (Å²) in [6.45, 7) is 1.28. The van der Waals surface area contributed by atoms with Gasteiger partial charge in [-0.05, 0) is 37.0 Å². The molecular weight excluding hydrogens is 334 g/mol. The van der Waals surface area contributed by atoms with Crippen LogP contribution in [0.15, 0.2) is 30.6 Å². The molecule has 1 aliphatic carbocycles. The Morgan fingerprint density at radius 3 is 3.00 bits per heavy atom. The molecule has 2 aliphatic rings. The van der Waals surface area contributed by atoms with Crippen LogP contribution in [-0.4, -0.2) is 36.3 Å². The summed E-state index contributed by atoms with van der Waals surface area (Å²) in [6, 6.07) is 7.83. The molecule has 0 bridgehead atoms. The normalized spacial score (nSPS) is 18.4. The van der Waals surface area contributed by atoms with E-state index in [2.05, 4.69) is 21.9 Å². The molecule has 0 unspecified atom stereocenters. The fourth-order valence-electron chi connectivity index (χ4n) is 3.75. The van der Waals surface area contributed by atoms with Crippen LogP contribution in [0.2, 0.25) is 0 Å². The monoisotopic (exact) mass is 353 g/mol. The van der Waals surface area contributed by atoms with Gasteiger partial charge in [-0.2, -0.15) is 0 Å². The van der Waals surface area contributed by atoms with E-state index in [4.69, 9.17) is 9.47 Å². The number of fused-ring (bicyclic) bond motifs is 4. The third kappa shape index (κ3) is 2.52. The van der Waals surface area contributed by atoms with Crippen molar-refractivity contribution in [2.75, 3.05) is 25.1 Å². The van der Waals surface area contributed by atoms with E-state index < -0.39 is 0 Å². The lowest BCUT2D eigenvalue weighted by Crippen LogP contribution is -2.39. The molecule has 5 rings (SSSR count). The maximum absolute atomic E-state index is 6.10. The highest BCUT2D eigenvalue weighted by Crippen LogP contribution is 2.40. The van der Waals surface area contributed by atoms with Gasteiger partial charge in [0, 0.05) is 11.9 Å². The largest absolute Gasteiger partial charge is 0.486 e. The molecule has 6 heteroatoms. The highest BCUT2D eigenvalue weighted by molar-refractivity contribution is 7.19. The van der Waals surface area contributed by atoms with E-state index in [1.807, 2.05) is 35.6 Å². The van der Waals surface area contributed by atoms with Gasteiger partial charge in [-0.15, -0.1) is 11.3 Å². The highest BCUT2D eigenvalue weighted by atomic mass is 32.1. The van der Waals surface area contributed by atoms with Gasteiger partial charge in [0.05, 0.1) is 11.9 Å². The topological polar surface area (TPSA) is 47.5 Å². The number of nitrogens with zero attached hydrogens (tertiary/aromatic N) is 3. The average Bonchev–Trinajstić information content (AvgIpc) is 3.22. The zero-order valence-electron chi connectivity index (χ0n) is 14.1. The molecule has 1 aliphatic heterocycles. The fourth-order valence-corrected chi connectivity index (χ4v) is 4.97. The van der Waals surface area contributed by atoms with E-state index >= 15 is 0 Å². The van der Waals surface area contributed by atoms with E-state index in [1.165, 1.54) is 28.7 Å². The Morgan fingerprint density at radius 1 is 1.20 bits per heavy atom. The smallest absolute Gasteiger partial charge is 0.161 e. The van der Waals surface area contributed by atoms with Gasteiger partial charge in [-0.3, -0.25) is 0 Å². The zero-order chi connectivity index (χ0) is 16.8. The number of thiophene rings is 1. The van der Waals surface area contributed by atoms with Crippen LogP contribution >= 0.6 is 11.3 Å². The number of para-hydroxylation sites is 2. The van der Waals surface area contributed by atoms with Crippen molar-refractivity contribution in [2.24, 2.45) is 0 Å². The molecule has 1 aromatic carbocycles. The average molecular weight is 353 g/mol. The number of hydrogen-bond acceptors (Lipinski definition) is 6. The minimum atomic E-state index is -0.0170. The first-order valence-corrected chi connectivity index (χ1v) is 9.46. The number of benzene rings is 1. The van der Waals surface area contributed by atoms with Gasteiger partial charge in [0.15, 0.2) is 17.6 Å². The Bertz CT molecular complexity index is 940. The van der Waals surface area contributed by atoms with Crippen molar-refractivity contribution in [3.63, 3.8) is 0 Å². The second-order valence-corrected chi connectivity index (χ2v) is 7.70. The quantitative estimate of drug-likeness (QED) is 0.722. The van der Waals surface area contributed by atoms with Gasteiger partial charge in [0.25, 0.3) is 0 Å². The SMILES string of the molecule is CN(C[C@@H]1COc2ccccc2O1)c1ncnc2sc3c(c12)CCC3. The van der Waals surface area contributed by atoms with E-state index in [0.29, 0.717) is 6.61 Å². The van der Waals surface area contributed by atoms with E-state index in [0.717, 1.165) is 35.1 Å². The molecule has 25 heavy (non-hydrogen) atoms. The number of aryl methyl sites for hydroxylation is 2. The van der Waals surface area contributed by atoms with Crippen LogP contribution in [-0.2, 0) is 12.8 Å². The van der Waals surface area contributed by atoms with Crippen LogP contribution in [0.25, 0.3) is 10.2 Å². The Morgan fingerprint density at radius 2 is 2.08 bits per heavy atom. The molecule has 128 valence electrons. The van der Waals surface area contributed by atoms with Gasteiger partial charge < -0.3 is 14.4 Å². The van der Waals surface area contributed by atoms with Crippen LogP contribution in [0.1, 0.15) is 16.9 Å². The number of hydrogen-bond donors (Lipinski definition) is 0. The first-order chi connectivity index (χ1) is 12.3. The summed E-state index contributed by atoms with van der Waals surface area (Å²) < 4.78 is 11.9. The molecule has 3 heterocycles. The Balaban J connectivity index is 1.42. The minimum absolute atomic E-state index is 0.0170. The molecule has 0 N–H and O–H groups in total. The van der Waals surface area contributed by atoms with Crippen LogP contribution in [0.5, 0.6) is 11.5 Å². The lowest BCUT2D eigenvalue weighted by atomic mass is 10.2. The standard InChI is InChI=1S/C19H19N3O2S/c1-22(9-12-10-23-14-6-2-3-7-15(14)24-12)18-17-13-5-4-8-16(13)25-19(17)21-11-20-18/h2-3,6-7,11-12H,4-5,8-10H2,1H3/t12-/m1/s1. The summed E-state index contributed by atoms with van der Waals surface area (Å²) in [5, 5.41) is 1.24. The van der Waals surface area contributed by atoms with Crippen molar-refractivity contribution >= 4 is 27.4 Å². The summed E-state index contributed by atoms with van der Waals surface area (Å²) in [5.74, 6) is 2.64. The van der Waals surface area contributed by atoms with E-state index in [-0.39, 0.29) is 6.10 Å². The number of aromatic nitrogens is 2. The zero-order valence-corrected chi connectivity index (χ0v) is 14.9. The number of ether oxygens (including phenoxy) is 2.